The number of amides is 1. The van der Waals surface area contributed by atoms with Gasteiger partial charge >= 0.3 is 0 Å². The topological polar surface area (TPSA) is 74.3 Å². The quantitative estimate of drug-likeness (QED) is 0.364. The van der Waals surface area contributed by atoms with Crippen LogP contribution in [0, 0.1) is 0 Å². The summed E-state index contributed by atoms with van der Waals surface area (Å²) in [6.45, 7) is 1.56. The van der Waals surface area contributed by atoms with E-state index in [9.17, 15) is 4.79 Å². The van der Waals surface area contributed by atoms with Crippen LogP contribution >= 0.6 is 0 Å². The number of fused-ring (bicyclic) bond motifs is 3. The molecule has 186 valence electrons. The van der Waals surface area contributed by atoms with Crippen molar-refractivity contribution in [1.29, 1.82) is 0 Å². The van der Waals surface area contributed by atoms with Crippen LogP contribution in [0.1, 0.15) is 16.8 Å². The number of benzene rings is 2. The van der Waals surface area contributed by atoms with Crippen molar-refractivity contribution in [3.8, 4) is 28.1 Å². The van der Waals surface area contributed by atoms with Crippen molar-refractivity contribution in [2.45, 2.75) is 12.5 Å². The number of likely N-dealkylation sites (tertiary alicyclic amines) is 1. The third kappa shape index (κ3) is 4.11. The summed E-state index contributed by atoms with van der Waals surface area (Å²) in [5, 5.41) is 2.12. The van der Waals surface area contributed by atoms with Crippen LogP contribution in [0.25, 0.3) is 44.2 Å². The average Bonchev–Trinajstić information content (AvgIpc) is 3.58. The standard InChI is InChI=1S/C30H29N5O2/c1-34(2)22-12-14-35(18-22)30(36)20-8-6-19(7-9-20)28-27(37-3)11-10-24-29(28)23-15-25(32-17-26(23)33-24)21-5-4-13-31-16-21/h4-11,13,15-17,22,33H,12,14,18H2,1-3H3. The van der Waals surface area contributed by atoms with Gasteiger partial charge in [0.1, 0.15) is 5.75 Å². The highest BCUT2D eigenvalue weighted by Gasteiger charge is 2.28. The molecule has 37 heavy (non-hydrogen) atoms. The molecule has 1 atom stereocenters. The summed E-state index contributed by atoms with van der Waals surface area (Å²) in [6, 6.07) is 18.3. The lowest BCUT2D eigenvalue weighted by molar-refractivity contribution is 0.0783. The van der Waals surface area contributed by atoms with Crippen molar-refractivity contribution in [1.82, 2.24) is 24.8 Å². The van der Waals surface area contributed by atoms with Crippen molar-refractivity contribution in [2.24, 2.45) is 0 Å². The average molecular weight is 492 g/mol. The van der Waals surface area contributed by atoms with Crippen LogP contribution in [0.3, 0.4) is 0 Å². The number of aromatic nitrogens is 3. The van der Waals surface area contributed by atoms with Gasteiger partial charge in [0.2, 0.25) is 0 Å². The maximum atomic E-state index is 13.2. The molecular weight excluding hydrogens is 462 g/mol. The van der Waals surface area contributed by atoms with Gasteiger partial charge in [0.25, 0.3) is 5.91 Å². The number of ether oxygens (including phenoxy) is 1. The summed E-state index contributed by atoms with van der Waals surface area (Å²) in [6.07, 6.45) is 6.45. The molecule has 3 aromatic heterocycles. The minimum atomic E-state index is 0.0837. The molecule has 0 bridgehead atoms. The maximum absolute atomic E-state index is 13.2. The Morgan fingerprint density at radius 2 is 1.89 bits per heavy atom. The normalized spacial score (nSPS) is 15.7. The van der Waals surface area contributed by atoms with E-state index in [0.29, 0.717) is 11.6 Å². The number of H-pyrrole nitrogens is 1. The molecule has 7 nitrogen and oxygen atoms in total. The molecule has 7 heteroatoms. The number of nitrogens with one attached hydrogen (secondary N) is 1. The molecule has 0 saturated carbocycles. The number of nitrogens with zero attached hydrogens (tertiary/aromatic N) is 4. The number of hydrogen-bond donors (Lipinski definition) is 1. The first-order valence-corrected chi connectivity index (χ1v) is 12.5. The van der Waals surface area contributed by atoms with Gasteiger partial charge in [0, 0.05) is 64.5 Å². The lowest BCUT2D eigenvalue weighted by Crippen LogP contribution is -2.34. The SMILES string of the molecule is COc1ccc2[nH]c3cnc(-c4cccnc4)cc3c2c1-c1ccc(C(=O)N2CCC(N(C)C)C2)cc1. The lowest BCUT2D eigenvalue weighted by Gasteiger charge is -2.20. The van der Waals surface area contributed by atoms with Gasteiger partial charge in [-0.25, -0.2) is 0 Å². The second-order valence-electron chi connectivity index (χ2n) is 9.78. The highest BCUT2D eigenvalue weighted by molar-refractivity contribution is 6.16. The number of carbonyl (C=O) groups is 1. The van der Waals surface area contributed by atoms with E-state index in [4.69, 9.17) is 4.74 Å². The van der Waals surface area contributed by atoms with Crippen molar-refractivity contribution in [3.63, 3.8) is 0 Å². The molecule has 2 aromatic carbocycles. The van der Waals surface area contributed by atoms with Crippen LogP contribution in [0.5, 0.6) is 5.75 Å². The van der Waals surface area contributed by atoms with Crippen molar-refractivity contribution < 1.29 is 9.53 Å². The highest BCUT2D eigenvalue weighted by Crippen LogP contribution is 2.41. The Labute approximate surface area is 215 Å². The Hall–Kier alpha value is -4.23. The predicted molar refractivity (Wildman–Crippen MR) is 147 cm³/mol. The van der Waals surface area contributed by atoms with E-state index < -0.39 is 0 Å². The Kier molecular flexibility index (Phi) is 5.85. The highest BCUT2D eigenvalue weighted by atomic mass is 16.5. The molecule has 0 radical (unpaired) electrons. The van der Waals surface area contributed by atoms with Gasteiger partial charge in [-0.05, 0) is 68.5 Å². The van der Waals surface area contributed by atoms with Crippen molar-refractivity contribution in [3.05, 3.63) is 78.8 Å². The first kappa shape index (κ1) is 23.2. The van der Waals surface area contributed by atoms with Crippen LogP contribution < -0.4 is 4.74 Å². The predicted octanol–water partition coefficient (Wildman–Crippen LogP) is 5.23. The Bertz CT molecular complexity index is 1590. The first-order valence-electron chi connectivity index (χ1n) is 12.5. The van der Waals surface area contributed by atoms with Gasteiger partial charge in [0.15, 0.2) is 0 Å². The van der Waals surface area contributed by atoms with E-state index in [2.05, 4.69) is 40.0 Å². The van der Waals surface area contributed by atoms with Crippen LogP contribution in [0.4, 0.5) is 0 Å². The van der Waals surface area contributed by atoms with Gasteiger partial charge in [-0.2, -0.15) is 0 Å². The van der Waals surface area contributed by atoms with E-state index in [1.54, 1.807) is 13.3 Å². The van der Waals surface area contributed by atoms with Gasteiger partial charge in [-0.1, -0.05) is 12.1 Å². The van der Waals surface area contributed by atoms with E-state index in [1.807, 2.05) is 65.8 Å². The molecule has 1 aliphatic rings. The summed E-state index contributed by atoms with van der Waals surface area (Å²) in [5.74, 6) is 0.862. The van der Waals surface area contributed by atoms with E-state index in [1.165, 1.54) is 0 Å². The number of likely N-dealkylation sites (N-methyl/N-ethyl adjacent to an activating group) is 1. The summed E-state index contributed by atoms with van der Waals surface area (Å²) in [7, 11) is 5.83. The van der Waals surface area contributed by atoms with Crippen LogP contribution in [-0.2, 0) is 0 Å². The number of rotatable bonds is 5. The summed E-state index contributed by atoms with van der Waals surface area (Å²) >= 11 is 0. The fourth-order valence-corrected chi connectivity index (χ4v) is 5.31. The Morgan fingerprint density at radius 1 is 1.05 bits per heavy atom. The summed E-state index contributed by atoms with van der Waals surface area (Å²) in [4.78, 5) is 29.7. The molecule has 4 heterocycles. The fourth-order valence-electron chi connectivity index (χ4n) is 5.31. The minimum absolute atomic E-state index is 0.0837. The lowest BCUT2D eigenvalue weighted by atomic mass is 9.97. The molecule has 6 rings (SSSR count). The third-order valence-corrected chi connectivity index (χ3v) is 7.39. The number of methoxy groups -OCH3 is 1. The molecule has 0 aliphatic carbocycles. The van der Waals surface area contributed by atoms with Gasteiger partial charge in [-0.3, -0.25) is 14.8 Å². The molecule has 1 saturated heterocycles. The zero-order chi connectivity index (χ0) is 25.5. The third-order valence-electron chi connectivity index (χ3n) is 7.39. The molecule has 0 spiro atoms. The fraction of sp³-hybridized carbons (Fsp3) is 0.233. The zero-order valence-electron chi connectivity index (χ0n) is 21.2. The molecule has 1 unspecified atom stereocenters. The number of hydrogen-bond acceptors (Lipinski definition) is 5. The number of aromatic amines is 1. The first-order chi connectivity index (χ1) is 18.0. The minimum Gasteiger partial charge on any atom is -0.496 e. The van der Waals surface area contributed by atoms with Gasteiger partial charge in [-0.15, -0.1) is 0 Å². The summed E-state index contributed by atoms with van der Waals surface area (Å²) < 4.78 is 5.81. The number of carbonyl (C=O) groups excluding carboxylic acids is 1. The van der Waals surface area contributed by atoms with E-state index >= 15 is 0 Å². The largest absolute Gasteiger partial charge is 0.496 e. The molecular formula is C30H29N5O2. The second-order valence-corrected chi connectivity index (χ2v) is 9.78. The molecule has 1 N–H and O–H groups in total. The summed E-state index contributed by atoms with van der Waals surface area (Å²) in [5.41, 5.74) is 6.46. The van der Waals surface area contributed by atoms with E-state index in [-0.39, 0.29) is 5.91 Å². The Balaban J connectivity index is 1.42. The zero-order valence-corrected chi connectivity index (χ0v) is 21.2. The second kappa shape index (κ2) is 9.33. The maximum Gasteiger partial charge on any atom is 0.253 e. The van der Waals surface area contributed by atoms with Crippen molar-refractivity contribution in [2.75, 3.05) is 34.3 Å². The van der Waals surface area contributed by atoms with Crippen LogP contribution in [-0.4, -0.2) is 71.0 Å². The molecule has 1 amide bonds. The van der Waals surface area contributed by atoms with Crippen molar-refractivity contribution >= 4 is 27.7 Å². The van der Waals surface area contributed by atoms with Gasteiger partial charge < -0.3 is 19.5 Å². The monoisotopic (exact) mass is 491 g/mol. The molecule has 5 aromatic rings. The molecule has 1 fully saturated rings. The van der Waals surface area contributed by atoms with Gasteiger partial charge in [0.05, 0.1) is 24.5 Å². The van der Waals surface area contributed by atoms with Crippen LogP contribution in [0.2, 0.25) is 0 Å². The number of pyridine rings is 2. The van der Waals surface area contributed by atoms with Crippen LogP contribution in [0.15, 0.2) is 73.2 Å². The van der Waals surface area contributed by atoms with E-state index in [0.717, 1.165) is 69.4 Å². The Morgan fingerprint density at radius 3 is 2.59 bits per heavy atom. The molecule has 1 aliphatic heterocycles. The smallest absolute Gasteiger partial charge is 0.253 e.